The topological polar surface area (TPSA) is 93.2 Å². The zero-order valence-corrected chi connectivity index (χ0v) is 17.0. The van der Waals surface area contributed by atoms with E-state index in [1.807, 2.05) is 57.3 Å². The van der Waals surface area contributed by atoms with Gasteiger partial charge in [-0.15, -0.1) is 11.3 Å². The highest BCUT2D eigenvalue weighted by molar-refractivity contribution is 7.17. The lowest BCUT2D eigenvalue weighted by molar-refractivity contribution is -0.122. The van der Waals surface area contributed by atoms with E-state index in [9.17, 15) is 9.59 Å². The van der Waals surface area contributed by atoms with E-state index in [-0.39, 0.29) is 6.61 Å². The van der Waals surface area contributed by atoms with E-state index < -0.39 is 17.5 Å². The number of imide groups is 1. The van der Waals surface area contributed by atoms with Crippen molar-refractivity contribution in [1.29, 1.82) is 0 Å². The number of nitrogens with one attached hydrogen (secondary N) is 2. The van der Waals surface area contributed by atoms with Crippen molar-refractivity contribution >= 4 is 33.5 Å². The monoisotopic (exact) mass is 398 g/mol. The Labute approximate surface area is 167 Å². The maximum absolute atomic E-state index is 12.0. The molecule has 2 N–H and O–H groups in total. The minimum Gasteiger partial charge on any atom is -0.467 e. The third-order valence-corrected chi connectivity index (χ3v) is 4.67. The summed E-state index contributed by atoms with van der Waals surface area (Å²) in [6.07, 6.45) is 1.40. The molecule has 3 rings (SSSR count). The van der Waals surface area contributed by atoms with E-state index >= 15 is 0 Å². The van der Waals surface area contributed by atoms with Crippen molar-refractivity contribution in [3.8, 4) is 17.0 Å². The molecule has 0 fully saturated rings. The Morgan fingerprint density at radius 2 is 1.86 bits per heavy atom. The molecule has 3 amide bonds. The van der Waals surface area contributed by atoms with Crippen LogP contribution in [0.2, 0.25) is 0 Å². The maximum atomic E-state index is 12.0. The van der Waals surface area contributed by atoms with Gasteiger partial charge in [0.2, 0.25) is 5.88 Å². The average molecular weight is 398 g/mol. The minimum absolute atomic E-state index is 0.313. The normalized spacial score (nSPS) is 11.3. The van der Waals surface area contributed by atoms with Crippen molar-refractivity contribution in [2.24, 2.45) is 0 Å². The maximum Gasteiger partial charge on any atom is 0.321 e. The number of thiophene rings is 1. The van der Waals surface area contributed by atoms with Crippen LogP contribution in [0.1, 0.15) is 26.3 Å². The fraction of sp³-hybridized carbons (Fsp3) is 0.300. The van der Waals surface area contributed by atoms with Crippen molar-refractivity contribution in [3.63, 3.8) is 0 Å². The van der Waals surface area contributed by atoms with Crippen LogP contribution in [0, 0.1) is 6.92 Å². The number of hydrogen-bond acceptors (Lipinski definition) is 6. The first-order valence-corrected chi connectivity index (χ1v) is 9.65. The number of nitrogens with zero attached hydrogens (tertiary/aromatic N) is 2. The highest BCUT2D eigenvalue weighted by atomic mass is 32.1. The number of amides is 3. The van der Waals surface area contributed by atoms with Gasteiger partial charge in [0, 0.05) is 16.5 Å². The second-order valence-corrected chi connectivity index (χ2v) is 8.27. The first kappa shape index (κ1) is 19.8. The number of aryl methyl sites for hydroxylation is 1. The van der Waals surface area contributed by atoms with Crippen molar-refractivity contribution in [2.75, 3.05) is 6.61 Å². The molecule has 0 aliphatic rings. The standard InChI is InChI=1S/C20H22N4O3S/c1-12-5-7-13(8-6-12)14-10-28-18-16(14)17(21-11-22-18)27-9-15(25)23-19(26)24-20(2,3)4/h5-8,10-11H,9H2,1-4H3,(H2,23,24,25,26). The third kappa shape index (κ3) is 4.83. The van der Waals surface area contributed by atoms with Gasteiger partial charge in [-0.05, 0) is 33.3 Å². The average Bonchev–Trinajstić information content (AvgIpc) is 3.03. The van der Waals surface area contributed by atoms with Gasteiger partial charge in [0.15, 0.2) is 6.61 Å². The molecular formula is C20H22N4O3S. The highest BCUT2D eigenvalue weighted by Gasteiger charge is 2.18. The molecule has 0 unspecified atom stereocenters. The van der Waals surface area contributed by atoms with Crippen molar-refractivity contribution in [1.82, 2.24) is 20.6 Å². The molecule has 2 aromatic heterocycles. The SMILES string of the molecule is Cc1ccc(-c2csc3ncnc(OCC(=O)NC(=O)NC(C)(C)C)c23)cc1. The van der Waals surface area contributed by atoms with Gasteiger partial charge in [-0.2, -0.15) is 0 Å². The van der Waals surface area contributed by atoms with Crippen molar-refractivity contribution in [2.45, 2.75) is 33.2 Å². The molecule has 0 radical (unpaired) electrons. The summed E-state index contributed by atoms with van der Waals surface area (Å²) in [5.41, 5.74) is 2.69. The molecular weight excluding hydrogens is 376 g/mol. The van der Waals surface area contributed by atoms with Crippen LogP contribution < -0.4 is 15.4 Å². The number of ether oxygens (including phenoxy) is 1. The van der Waals surface area contributed by atoms with E-state index in [1.54, 1.807) is 0 Å². The number of aromatic nitrogens is 2. The molecule has 0 saturated heterocycles. The number of rotatable bonds is 4. The summed E-state index contributed by atoms with van der Waals surface area (Å²) in [5.74, 6) is -0.242. The number of urea groups is 1. The molecule has 0 saturated carbocycles. The molecule has 1 aromatic carbocycles. The summed E-state index contributed by atoms with van der Waals surface area (Å²) >= 11 is 1.48. The van der Waals surface area contributed by atoms with Gasteiger partial charge in [0.25, 0.3) is 5.91 Å². The highest BCUT2D eigenvalue weighted by Crippen LogP contribution is 2.37. The molecule has 3 aromatic rings. The quantitative estimate of drug-likeness (QED) is 0.699. The summed E-state index contributed by atoms with van der Waals surface area (Å²) in [5, 5.41) is 7.65. The number of carbonyl (C=O) groups is 2. The van der Waals surface area contributed by atoms with E-state index in [0.29, 0.717) is 5.88 Å². The molecule has 2 heterocycles. The van der Waals surface area contributed by atoms with E-state index in [4.69, 9.17) is 4.74 Å². The smallest absolute Gasteiger partial charge is 0.321 e. The Hall–Kier alpha value is -3.00. The third-order valence-electron chi connectivity index (χ3n) is 3.78. The van der Waals surface area contributed by atoms with Crippen molar-refractivity contribution < 1.29 is 14.3 Å². The van der Waals surface area contributed by atoms with Gasteiger partial charge in [-0.25, -0.2) is 14.8 Å². The van der Waals surface area contributed by atoms with Crippen LogP contribution in [0.4, 0.5) is 4.79 Å². The van der Waals surface area contributed by atoms with Gasteiger partial charge in [0.1, 0.15) is 11.2 Å². The Kier molecular flexibility index (Phi) is 5.60. The zero-order valence-electron chi connectivity index (χ0n) is 16.2. The van der Waals surface area contributed by atoms with Gasteiger partial charge >= 0.3 is 6.03 Å². The molecule has 0 spiro atoms. The van der Waals surface area contributed by atoms with E-state index in [0.717, 1.165) is 21.3 Å². The first-order valence-electron chi connectivity index (χ1n) is 8.77. The lowest BCUT2D eigenvalue weighted by Crippen LogP contribution is -2.49. The molecule has 0 atom stereocenters. The predicted molar refractivity (Wildman–Crippen MR) is 110 cm³/mol. The lowest BCUT2D eigenvalue weighted by atomic mass is 10.0. The zero-order chi connectivity index (χ0) is 20.3. The van der Waals surface area contributed by atoms with Gasteiger partial charge in [-0.3, -0.25) is 10.1 Å². The fourth-order valence-corrected chi connectivity index (χ4v) is 3.48. The molecule has 0 bridgehead atoms. The molecule has 146 valence electrons. The molecule has 8 heteroatoms. The summed E-state index contributed by atoms with van der Waals surface area (Å²) in [6.45, 7) is 7.19. The Bertz CT molecular complexity index is 1010. The lowest BCUT2D eigenvalue weighted by Gasteiger charge is -2.20. The summed E-state index contributed by atoms with van der Waals surface area (Å²) in [4.78, 5) is 33.1. The number of benzene rings is 1. The van der Waals surface area contributed by atoms with E-state index in [2.05, 4.69) is 20.6 Å². The van der Waals surface area contributed by atoms with Crippen LogP contribution in [0.25, 0.3) is 21.3 Å². The number of hydrogen-bond donors (Lipinski definition) is 2. The Morgan fingerprint density at radius 1 is 1.14 bits per heavy atom. The summed E-state index contributed by atoms with van der Waals surface area (Å²) < 4.78 is 5.62. The second-order valence-electron chi connectivity index (χ2n) is 7.42. The van der Waals surface area contributed by atoms with Crippen LogP contribution >= 0.6 is 11.3 Å². The van der Waals surface area contributed by atoms with Crippen LogP contribution in [0.15, 0.2) is 36.0 Å². The summed E-state index contributed by atoms with van der Waals surface area (Å²) in [7, 11) is 0. The molecule has 28 heavy (non-hydrogen) atoms. The van der Waals surface area contributed by atoms with E-state index in [1.165, 1.54) is 23.2 Å². The Balaban J connectivity index is 1.76. The first-order chi connectivity index (χ1) is 13.2. The summed E-state index contributed by atoms with van der Waals surface area (Å²) in [6, 6.07) is 7.55. The largest absolute Gasteiger partial charge is 0.467 e. The fourth-order valence-electron chi connectivity index (χ4n) is 2.57. The van der Waals surface area contributed by atoms with Gasteiger partial charge in [-0.1, -0.05) is 29.8 Å². The molecule has 0 aliphatic heterocycles. The van der Waals surface area contributed by atoms with Crippen LogP contribution in [0.5, 0.6) is 5.88 Å². The van der Waals surface area contributed by atoms with Crippen molar-refractivity contribution in [3.05, 3.63) is 41.5 Å². The van der Waals surface area contributed by atoms with Crippen LogP contribution in [-0.2, 0) is 4.79 Å². The van der Waals surface area contributed by atoms with Gasteiger partial charge in [0.05, 0.1) is 5.39 Å². The number of fused-ring (bicyclic) bond motifs is 1. The predicted octanol–water partition coefficient (Wildman–Crippen LogP) is 3.67. The Morgan fingerprint density at radius 3 is 2.54 bits per heavy atom. The number of carbonyl (C=O) groups excluding carboxylic acids is 2. The van der Waals surface area contributed by atoms with Crippen LogP contribution in [-0.4, -0.2) is 34.1 Å². The molecule has 0 aliphatic carbocycles. The minimum atomic E-state index is -0.565. The second kappa shape index (κ2) is 7.93. The van der Waals surface area contributed by atoms with Crippen LogP contribution in [0.3, 0.4) is 0 Å². The van der Waals surface area contributed by atoms with Gasteiger partial charge < -0.3 is 10.1 Å². The molecule has 7 nitrogen and oxygen atoms in total.